The molecule has 3 aromatic rings. The van der Waals surface area contributed by atoms with E-state index in [0.29, 0.717) is 25.1 Å². The summed E-state index contributed by atoms with van der Waals surface area (Å²) >= 11 is 0. The molecule has 0 aliphatic carbocycles. The summed E-state index contributed by atoms with van der Waals surface area (Å²) in [6.45, 7) is 4.36. The Labute approximate surface area is 281 Å². The van der Waals surface area contributed by atoms with Crippen LogP contribution in [-0.2, 0) is 32.0 Å². The van der Waals surface area contributed by atoms with Crippen LogP contribution in [0.3, 0.4) is 0 Å². The summed E-state index contributed by atoms with van der Waals surface area (Å²) in [5.41, 5.74) is 2.19. The van der Waals surface area contributed by atoms with Crippen molar-refractivity contribution in [3.8, 4) is 5.75 Å². The maximum absolute atomic E-state index is 13.6. The maximum Gasteiger partial charge on any atom is 0.255 e. The average Bonchev–Trinajstić information content (AvgIpc) is 3.08. The largest absolute Gasteiger partial charge is 0.493 e. The summed E-state index contributed by atoms with van der Waals surface area (Å²) in [6, 6.07) is 22.7. The molecular formula is C37H45N5O6. The Morgan fingerprint density at radius 2 is 1.50 bits per heavy atom. The molecule has 254 valence electrons. The van der Waals surface area contributed by atoms with Gasteiger partial charge in [-0.3, -0.25) is 24.0 Å². The van der Waals surface area contributed by atoms with Gasteiger partial charge in [-0.25, -0.2) is 0 Å². The highest BCUT2D eigenvalue weighted by Crippen LogP contribution is 2.19. The number of aryl methyl sites for hydroxylation is 1. The summed E-state index contributed by atoms with van der Waals surface area (Å²) in [7, 11) is 0. The first-order valence-electron chi connectivity index (χ1n) is 16.5. The highest BCUT2D eigenvalue weighted by molar-refractivity contribution is 6.01. The van der Waals surface area contributed by atoms with Crippen LogP contribution in [0.5, 0.6) is 5.75 Å². The number of ether oxygens (including phenoxy) is 1. The molecule has 3 aromatic carbocycles. The second-order valence-corrected chi connectivity index (χ2v) is 12.1. The molecule has 0 bridgehead atoms. The molecule has 1 heterocycles. The minimum absolute atomic E-state index is 0.198. The lowest BCUT2D eigenvalue weighted by atomic mass is 10.0. The van der Waals surface area contributed by atoms with Crippen LogP contribution in [0.4, 0.5) is 0 Å². The van der Waals surface area contributed by atoms with Gasteiger partial charge in [-0.05, 0) is 48.4 Å². The number of carbonyl (C=O) groups is 5. The van der Waals surface area contributed by atoms with Gasteiger partial charge in [0.05, 0.1) is 18.6 Å². The fourth-order valence-corrected chi connectivity index (χ4v) is 5.36. The van der Waals surface area contributed by atoms with Crippen molar-refractivity contribution in [2.75, 3.05) is 19.7 Å². The minimum Gasteiger partial charge on any atom is -0.493 e. The fourth-order valence-electron chi connectivity index (χ4n) is 5.36. The van der Waals surface area contributed by atoms with Crippen LogP contribution in [0.15, 0.2) is 84.9 Å². The molecule has 1 aliphatic heterocycles. The molecule has 0 unspecified atom stereocenters. The van der Waals surface area contributed by atoms with Crippen molar-refractivity contribution >= 4 is 29.5 Å². The Balaban J connectivity index is 1.54. The number of nitrogens with one attached hydrogen (secondary N) is 5. The zero-order valence-corrected chi connectivity index (χ0v) is 27.5. The van der Waals surface area contributed by atoms with E-state index in [1.54, 1.807) is 38.1 Å². The first-order valence-corrected chi connectivity index (χ1v) is 16.5. The molecule has 0 spiro atoms. The van der Waals surface area contributed by atoms with Gasteiger partial charge in [0.2, 0.25) is 23.6 Å². The van der Waals surface area contributed by atoms with Gasteiger partial charge in [0.15, 0.2) is 0 Å². The fraction of sp³-hybridized carbons (Fsp3) is 0.378. The van der Waals surface area contributed by atoms with Crippen molar-refractivity contribution in [2.45, 2.75) is 64.1 Å². The second-order valence-electron chi connectivity index (χ2n) is 12.1. The van der Waals surface area contributed by atoms with Crippen LogP contribution in [0.1, 0.15) is 54.6 Å². The van der Waals surface area contributed by atoms with E-state index in [-0.39, 0.29) is 37.0 Å². The molecule has 1 aliphatic rings. The van der Waals surface area contributed by atoms with Crippen LogP contribution >= 0.6 is 0 Å². The minimum atomic E-state index is -1.23. The number of carbonyl (C=O) groups excluding carboxylic acids is 5. The number of para-hydroxylation sites is 1. The van der Waals surface area contributed by atoms with E-state index in [1.807, 2.05) is 60.7 Å². The summed E-state index contributed by atoms with van der Waals surface area (Å²) in [4.78, 5) is 67.2. The first kappa shape index (κ1) is 35.7. The van der Waals surface area contributed by atoms with Crippen molar-refractivity contribution in [1.82, 2.24) is 26.6 Å². The monoisotopic (exact) mass is 655 g/mol. The van der Waals surface area contributed by atoms with Gasteiger partial charge in [0, 0.05) is 19.5 Å². The molecule has 0 radical (unpaired) electrons. The highest BCUT2D eigenvalue weighted by Gasteiger charge is 2.31. The lowest BCUT2D eigenvalue weighted by Crippen LogP contribution is -2.57. The third-order valence-corrected chi connectivity index (χ3v) is 7.99. The number of hydrogen-bond donors (Lipinski definition) is 5. The molecule has 5 amide bonds. The molecule has 4 rings (SSSR count). The van der Waals surface area contributed by atoms with Crippen molar-refractivity contribution in [3.05, 3.63) is 102 Å². The van der Waals surface area contributed by atoms with Gasteiger partial charge in [-0.1, -0.05) is 86.6 Å². The van der Waals surface area contributed by atoms with Crippen LogP contribution in [0.2, 0.25) is 0 Å². The van der Waals surface area contributed by atoms with E-state index < -0.39 is 48.2 Å². The van der Waals surface area contributed by atoms with Gasteiger partial charge in [-0.2, -0.15) is 0 Å². The average molecular weight is 656 g/mol. The van der Waals surface area contributed by atoms with Crippen LogP contribution in [-0.4, -0.2) is 67.4 Å². The van der Waals surface area contributed by atoms with Crippen LogP contribution < -0.4 is 31.3 Å². The van der Waals surface area contributed by atoms with Gasteiger partial charge in [0.1, 0.15) is 23.9 Å². The number of fused-ring (bicyclic) bond motifs is 1. The van der Waals surface area contributed by atoms with E-state index in [0.717, 1.165) is 17.5 Å². The van der Waals surface area contributed by atoms with E-state index in [1.165, 1.54) is 0 Å². The quantitative estimate of drug-likeness (QED) is 0.235. The third kappa shape index (κ3) is 11.0. The number of amides is 5. The Morgan fingerprint density at radius 1 is 0.833 bits per heavy atom. The van der Waals surface area contributed by atoms with Gasteiger partial charge in [-0.15, -0.1) is 0 Å². The van der Waals surface area contributed by atoms with Gasteiger partial charge >= 0.3 is 0 Å². The molecule has 0 saturated heterocycles. The summed E-state index contributed by atoms with van der Waals surface area (Å²) in [5.74, 6) is -2.65. The Hall–Kier alpha value is -5.19. The Morgan fingerprint density at radius 3 is 2.21 bits per heavy atom. The molecule has 3 atom stereocenters. The van der Waals surface area contributed by atoms with E-state index in [4.69, 9.17) is 4.74 Å². The standard InChI is InChI=1S/C37H45N5O6/c1-25(2)33-37(47)41-29(23-27-15-7-4-8-16-27)35(45)39-21-12-22-48-31-19-10-9-18-28(31)34(44)40-30(24-32(43)42-33)36(46)38-20-11-17-26-13-5-3-6-14-26/h3-10,13-16,18-19,25,29-30,33H,11-12,17,20-24H2,1-2H3,(H,38,46)(H,39,45)(H,40,44)(H,41,47)(H,42,43)/t29-,30-,33-/m0/s1. The normalized spacial score (nSPS) is 19.7. The molecule has 0 saturated carbocycles. The molecular weight excluding hydrogens is 610 g/mol. The van der Waals surface area contributed by atoms with Crippen molar-refractivity contribution < 1.29 is 28.7 Å². The predicted octanol–water partition coefficient (Wildman–Crippen LogP) is 2.69. The van der Waals surface area contributed by atoms with Gasteiger partial charge < -0.3 is 31.3 Å². The molecule has 0 aromatic heterocycles. The molecule has 48 heavy (non-hydrogen) atoms. The van der Waals surface area contributed by atoms with Crippen molar-refractivity contribution in [1.29, 1.82) is 0 Å². The van der Waals surface area contributed by atoms with Gasteiger partial charge in [0.25, 0.3) is 5.91 Å². The lowest BCUT2D eigenvalue weighted by molar-refractivity contribution is -0.133. The zero-order chi connectivity index (χ0) is 34.3. The molecule has 11 nitrogen and oxygen atoms in total. The first-order chi connectivity index (χ1) is 23.2. The van der Waals surface area contributed by atoms with E-state index in [9.17, 15) is 24.0 Å². The topological polar surface area (TPSA) is 155 Å². The lowest BCUT2D eigenvalue weighted by Gasteiger charge is -2.26. The Bertz CT molecular complexity index is 1530. The SMILES string of the molecule is CC(C)[C@@H]1NC(=O)C[C@@H](C(=O)NCCCc2ccccc2)NC(=O)c2ccccc2OCCCNC(=O)[C@H](Cc2ccccc2)NC1=O. The van der Waals surface area contributed by atoms with E-state index in [2.05, 4.69) is 26.6 Å². The van der Waals surface area contributed by atoms with Crippen LogP contribution in [0.25, 0.3) is 0 Å². The highest BCUT2D eigenvalue weighted by atomic mass is 16.5. The molecule has 0 fully saturated rings. The number of hydrogen-bond acceptors (Lipinski definition) is 6. The smallest absolute Gasteiger partial charge is 0.255 e. The summed E-state index contributed by atoms with van der Waals surface area (Å²) in [6.07, 6.45) is 1.68. The second kappa shape index (κ2) is 18.2. The number of benzene rings is 3. The van der Waals surface area contributed by atoms with Crippen molar-refractivity contribution in [3.63, 3.8) is 0 Å². The molecule has 11 heteroatoms. The zero-order valence-electron chi connectivity index (χ0n) is 27.5. The Kier molecular flexibility index (Phi) is 13.5. The number of rotatable bonds is 8. The summed E-state index contributed by atoms with van der Waals surface area (Å²) < 4.78 is 5.90. The summed E-state index contributed by atoms with van der Waals surface area (Å²) in [5, 5.41) is 14.0. The predicted molar refractivity (Wildman–Crippen MR) is 182 cm³/mol. The maximum atomic E-state index is 13.6. The molecule has 5 N–H and O–H groups in total. The van der Waals surface area contributed by atoms with Crippen molar-refractivity contribution in [2.24, 2.45) is 5.92 Å². The third-order valence-electron chi connectivity index (χ3n) is 7.99. The van der Waals surface area contributed by atoms with E-state index >= 15 is 0 Å². The van der Waals surface area contributed by atoms with Crippen LogP contribution in [0, 0.1) is 5.92 Å².